The SMILES string of the molecule is CC(C)(C)OC(=O)Cn1c(CCCO[Si](C)(C)C(C)(C)C)cc2ncccc21. The average Bonchev–Trinajstić information content (AvgIpc) is 2.86. The van der Waals surface area contributed by atoms with Gasteiger partial charge < -0.3 is 13.7 Å². The summed E-state index contributed by atoms with van der Waals surface area (Å²) in [5.41, 5.74) is 2.48. The lowest BCUT2D eigenvalue weighted by molar-refractivity contribution is -0.155. The number of aromatic nitrogens is 2. The van der Waals surface area contributed by atoms with Crippen LogP contribution in [0, 0.1) is 0 Å². The lowest BCUT2D eigenvalue weighted by Gasteiger charge is -2.36. The Morgan fingerprint density at radius 3 is 2.46 bits per heavy atom. The largest absolute Gasteiger partial charge is 0.459 e. The molecule has 2 aromatic rings. The third-order valence-electron chi connectivity index (χ3n) is 5.31. The van der Waals surface area contributed by atoms with E-state index in [-0.39, 0.29) is 17.6 Å². The lowest BCUT2D eigenvalue weighted by atomic mass is 10.2. The van der Waals surface area contributed by atoms with Crippen molar-refractivity contribution in [1.82, 2.24) is 9.55 Å². The van der Waals surface area contributed by atoms with Crippen molar-refractivity contribution in [3.05, 3.63) is 30.1 Å². The first-order valence-electron chi connectivity index (χ1n) is 10.1. The summed E-state index contributed by atoms with van der Waals surface area (Å²) in [6.07, 6.45) is 3.54. The van der Waals surface area contributed by atoms with Gasteiger partial charge in [-0.05, 0) is 69.9 Å². The maximum atomic E-state index is 12.4. The molecule has 0 N–H and O–H groups in total. The molecule has 0 unspecified atom stereocenters. The molecule has 0 saturated heterocycles. The van der Waals surface area contributed by atoms with E-state index >= 15 is 0 Å². The summed E-state index contributed by atoms with van der Waals surface area (Å²) in [5, 5.41) is 0.211. The van der Waals surface area contributed by atoms with Gasteiger partial charge in [-0.15, -0.1) is 0 Å². The Labute approximate surface area is 170 Å². The van der Waals surface area contributed by atoms with Crippen molar-refractivity contribution in [3.8, 4) is 0 Å². The smallest absolute Gasteiger partial charge is 0.326 e. The second-order valence-electron chi connectivity index (χ2n) is 9.93. The molecule has 0 bridgehead atoms. The quantitative estimate of drug-likeness (QED) is 0.355. The van der Waals surface area contributed by atoms with E-state index in [1.807, 2.05) is 37.5 Å². The standard InChI is InChI=1S/C22H36N2O3Si/c1-21(2,3)27-20(25)16-24-17(15-18-19(24)12-9-13-23-18)11-10-14-26-28(7,8)22(4,5)6/h9,12-13,15H,10-11,14,16H2,1-8H3. The number of ether oxygens (including phenoxy) is 1. The molecule has 0 aliphatic carbocycles. The first kappa shape index (κ1) is 22.6. The maximum absolute atomic E-state index is 12.4. The number of carbonyl (C=O) groups is 1. The third-order valence-corrected chi connectivity index (χ3v) is 9.85. The number of hydrogen-bond donors (Lipinski definition) is 0. The van der Waals surface area contributed by atoms with Crippen molar-refractivity contribution in [2.24, 2.45) is 0 Å². The van der Waals surface area contributed by atoms with Gasteiger partial charge in [-0.25, -0.2) is 0 Å². The van der Waals surface area contributed by atoms with Crippen LogP contribution >= 0.6 is 0 Å². The van der Waals surface area contributed by atoms with Crippen LogP contribution in [-0.2, 0) is 26.9 Å². The predicted molar refractivity (Wildman–Crippen MR) is 117 cm³/mol. The molecule has 6 heteroatoms. The Bertz CT molecular complexity index is 813. The lowest BCUT2D eigenvalue weighted by Crippen LogP contribution is -2.41. The topological polar surface area (TPSA) is 53.4 Å². The third kappa shape index (κ3) is 5.91. The van der Waals surface area contributed by atoms with Crippen LogP contribution in [0.1, 0.15) is 53.7 Å². The van der Waals surface area contributed by atoms with E-state index in [9.17, 15) is 4.79 Å². The summed E-state index contributed by atoms with van der Waals surface area (Å²) in [5.74, 6) is -0.229. The van der Waals surface area contributed by atoms with Gasteiger partial charge in [0.2, 0.25) is 0 Å². The molecule has 0 fully saturated rings. The summed E-state index contributed by atoms with van der Waals surface area (Å²) in [6, 6.07) is 5.98. The number of pyridine rings is 1. The molecule has 0 aromatic carbocycles. The number of esters is 1. The van der Waals surface area contributed by atoms with Gasteiger partial charge in [-0.3, -0.25) is 9.78 Å². The van der Waals surface area contributed by atoms with E-state index < -0.39 is 13.9 Å². The first-order chi connectivity index (χ1) is 12.8. The fourth-order valence-electron chi connectivity index (χ4n) is 2.83. The molecule has 156 valence electrons. The zero-order chi connectivity index (χ0) is 21.2. The van der Waals surface area contributed by atoms with Crippen molar-refractivity contribution >= 4 is 25.3 Å². The Balaban J connectivity index is 2.10. The molecule has 0 aliphatic heterocycles. The van der Waals surface area contributed by atoms with Gasteiger partial charge in [0.05, 0.1) is 11.0 Å². The van der Waals surface area contributed by atoms with Gasteiger partial charge >= 0.3 is 5.97 Å². The number of hydrogen-bond acceptors (Lipinski definition) is 4. The van der Waals surface area contributed by atoms with Crippen molar-refractivity contribution in [2.45, 2.75) is 84.7 Å². The van der Waals surface area contributed by atoms with Crippen molar-refractivity contribution in [2.75, 3.05) is 6.61 Å². The van der Waals surface area contributed by atoms with Gasteiger partial charge in [-0.2, -0.15) is 0 Å². The van der Waals surface area contributed by atoms with E-state index in [2.05, 4.69) is 44.9 Å². The average molecular weight is 405 g/mol. The molecule has 0 spiro atoms. The Kier molecular flexibility index (Phi) is 6.76. The molecule has 0 amide bonds. The van der Waals surface area contributed by atoms with Crippen LogP contribution in [0.3, 0.4) is 0 Å². The number of fused-ring (bicyclic) bond motifs is 1. The monoisotopic (exact) mass is 404 g/mol. The highest BCUT2D eigenvalue weighted by molar-refractivity contribution is 6.74. The van der Waals surface area contributed by atoms with E-state index in [4.69, 9.17) is 9.16 Å². The van der Waals surface area contributed by atoms with Gasteiger partial charge in [0.1, 0.15) is 12.1 Å². The number of rotatable bonds is 7. The molecule has 28 heavy (non-hydrogen) atoms. The van der Waals surface area contributed by atoms with Crippen LogP contribution in [0.15, 0.2) is 24.4 Å². The molecule has 2 aromatic heterocycles. The Morgan fingerprint density at radius 2 is 1.86 bits per heavy atom. The number of aryl methyl sites for hydroxylation is 1. The molecule has 2 heterocycles. The second-order valence-corrected chi connectivity index (χ2v) is 14.7. The molecular formula is C22H36N2O3Si. The zero-order valence-corrected chi connectivity index (χ0v) is 19.8. The second kappa shape index (κ2) is 8.37. The van der Waals surface area contributed by atoms with Crippen LogP contribution < -0.4 is 0 Å². The van der Waals surface area contributed by atoms with Crippen molar-refractivity contribution in [1.29, 1.82) is 0 Å². The van der Waals surface area contributed by atoms with E-state index in [1.54, 1.807) is 6.20 Å². The summed E-state index contributed by atoms with van der Waals surface area (Å²) >= 11 is 0. The van der Waals surface area contributed by atoms with Gasteiger partial charge in [0.25, 0.3) is 0 Å². The fraction of sp³-hybridized carbons (Fsp3) is 0.636. The van der Waals surface area contributed by atoms with Crippen LogP contribution in [0.2, 0.25) is 18.1 Å². The Morgan fingerprint density at radius 1 is 1.18 bits per heavy atom. The molecule has 2 rings (SSSR count). The van der Waals surface area contributed by atoms with E-state index in [0.29, 0.717) is 0 Å². The van der Waals surface area contributed by atoms with Crippen molar-refractivity contribution < 1.29 is 14.0 Å². The summed E-state index contributed by atoms with van der Waals surface area (Å²) in [4.78, 5) is 16.9. The minimum atomic E-state index is -1.73. The maximum Gasteiger partial charge on any atom is 0.326 e. The van der Waals surface area contributed by atoms with E-state index in [1.165, 1.54) is 0 Å². The van der Waals surface area contributed by atoms with Gasteiger partial charge in [-0.1, -0.05) is 20.8 Å². The fourth-order valence-corrected chi connectivity index (χ4v) is 3.92. The first-order valence-corrected chi connectivity index (χ1v) is 13.0. The minimum Gasteiger partial charge on any atom is -0.459 e. The molecule has 0 saturated carbocycles. The molecule has 0 aliphatic rings. The number of nitrogens with zero attached hydrogens (tertiary/aromatic N) is 2. The van der Waals surface area contributed by atoms with Gasteiger partial charge in [0, 0.05) is 18.5 Å². The van der Waals surface area contributed by atoms with Gasteiger partial charge in [0.15, 0.2) is 8.32 Å². The van der Waals surface area contributed by atoms with Crippen LogP contribution in [0.25, 0.3) is 11.0 Å². The molecule has 5 nitrogen and oxygen atoms in total. The summed E-state index contributed by atoms with van der Waals surface area (Å²) in [7, 11) is -1.73. The number of carbonyl (C=O) groups excluding carboxylic acids is 1. The summed E-state index contributed by atoms with van der Waals surface area (Å²) in [6.45, 7) is 17.9. The molecular weight excluding hydrogens is 368 g/mol. The Hall–Kier alpha value is -1.66. The molecule has 0 radical (unpaired) electrons. The minimum absolute atomic E-state index is 0.199. The zero-order valence-electron chi connectivity index (χ0n) is 18.8. The highest BCUT2D eigenvalue weighted by atomic mass is 28.4. The van der Waals surface area contributed by atoms with E-state index in [0.717, 1.165) is 36.2 Å². The normalized spacial score (nSPS) is 13.1. The highest BCUT2D eigenvalue weighted by Gasteiger charge is 2.36. The van der Waals surface area contributed by atoms with Crippen LogP contribution in [0.4, 0.5) is 0 Å². The summed E-state index contributed by atoms with van der Waals surface area (Å²) < 4.78 is 13.9. The van der Waals surface area contributed by atoms with Crippen LogP contribution in [0.5, 0.6) is 0 Å². The molecule has 0 atom stereocenters. The predicted octanol–water partition coefficient (Wildman–Crippen LogP) is 5.33. The van der Waals surface area contributed by atoms with Crippen molar-refractivity contribution in [3.63, 3.8) is 0 Å². The van der Waals surface area contributed by atoms with Crippen LogP contribution in [-0.4, -0.2) is 36.0 Å². The highest BCUT2D eigenvalue weighted by Crippen LogP contribution is 2.36.